The number of nitrogens with two attached hydrogens (primary N) is 1. The summed E-state index contributed by atoms with van der Waals surface area (Å²) in [6.07, 6.45) is 3.15. The molecule has 0 saturated heterocycles. The Bertz CT molecular complexity index is 425. The molecule has 0 bridgehead atoms. The Morgan fingerprint density at radius 3 is 3.16 bits per heavy atom. The van der Waals surface area contributed by atoms with Crippen LogP contribution in [-0.4, -0.2) is 30.1 Å². The van der Waals surface area contributed by atoms with Crippen LogP contribution in [0.1, 0.15) is 30.3 Å². The average molecular weight is 306 g/mol. The minimum Gasteiger partial charge on any atom is -0.381 e. The molecule has 0 aromatic carbocycles. The van der Waals surface area contributed by atoms with E-state index < -0.39 is 0 Å². The molecular formula is C12H20ClN3O2S. The fourth-order valence-corrected chi connectivity index (χ4v) is 3.06. The Kier molecular flexibility index (Phi) is 6.71. The van der Waals surface area contributed by atoms with Crippen LogP contribution in [0.25, 0.3) is 0 Å². The maximum atomic E-state index is 11.6. The van der Waals surface area contributed by atoms with E-state index >= 15 is 0 Å². The smallest absolute Gasteiger partial charge is 0.228 e. The summed E-state index contributed by atoms with van der Waals surface area (Å²) in [4.78, 5) is 17.3. The Morgan fingerprint density at radius 1 is 1.63 bits per heavy atom. The lowest BCUT2D eigenvalue weighted by atomic mass is 9.99. The van der Waals surface area contributed by atoms with Gasteiger partial charge in [-0.15, -0.1) is 23.7 Å². The van der Waals surface area contributed by atoms with Crippen LogP contribution < -0.4 is 11.1 Å². The molecule has 0 aliphatic heterocycles. The summed E-state index contributed by atoms with van der Waals surface area (Å²) < 4.78 is 5.14. The van der Waals surface area contributed by atoms with Gasteiger partial charge in [-0.05, 0) is 26.2 Å². The highest BCUT2D eigenvalue weighted by Gasteiger charge is 2.20. The van der Waals surface area contributed by atoms with E-state index in [0.717, 1.165) is 25.0 Å². The van der Waals surface area contributed by atoms with Crippen molar-refractivity contribution >= 4 is 34.8 Å². The second-order valence-corrected chi connectivity index (χ2v) is 5.47. The van der Waals surface area contributed by atoms with Crippen LogP contribution >= 0.6 is 23.7 Å². The summed E-state index contributed by atoms with van der Waals surface area (Å²) in [5.41, 5.74) is 7.02. The van der Waals surface area contributed by atoms with Crippen molar-refractivity contribution < 1.29 is 9.53 Å². The minimum atomic E-state index is -0.0427. The highest BCUT2D eigenvalue weighted by atomic mass is 35.5. The summed E-state index contributed by atoms with van der Waals surface area (Å²) in [6.45, 7) is 3.00. The van der Waals surface area contributed by atoms with Crippen LogP contribution in [-0.2, 0) is 22.4 Å². The van der Waals surface area contributed by atoms with E-state index in [1.807, 2.05) is 6.92 Å². The Labute approximate surface area is 123 Å². The van der Waals surface area contributed by atoms with Crippen molar-refractivity contribution in [2.45, 2.75) is 38.6 Å². The van der Waals surface area contributed by atoms with E-state index in [9.17, 15) is 4.79 Å². The van der Waals surface area contributed by atoms with E-state index in [1.54, 1.807) is 11.3 Å². The molecule has 5 nitrogen and oxygen atoms in total. The van der Waals surface area contributed by atoms with Gasteiger partial charge in [0, 0.05) is 17.5 Å². The van der Waals surface area contributed by atoms with Crippen molar-refractivity contribution in [1.82, 2.24) is 4.98 Å². The summed E-state index contributed by atoms with van der Waals surface area (Å²) in [5.74, 6) is -0.0427. The number of fused-ring (bicyclic) bond motifs is 1. The van der Waals surface area contributed by atoms with Gasteiger partial charge in [0.2, 0.25) is 5.91 Å². The summed E-state index contributed by atoms with van der Waals surface area (Å²) in [6, 6.07) is 0.236. The molecule has 1 amide bonds. The van der Waals surface area contributed by atoms with Crippen LogP contribution in [0, 0.1) is 0 Å². The molecule has 1 aliphatic carbocycles. The fraction of sp³-hybridized carbons (Fsp3) is 0.667. The van der Waals surface area contributed by atoms with Crippen molar-refractivity contribution in [2.75, 3.05) is 18.5 Å². The lowest BCUT2D eigenvalue weighted by Gasteiger charge is -2.15. The third-order valence-corrected chi connectivity index (χ3v) is 3.94. The highest BCUT2D eigenvalue weighted by Crippen LogP contribution is 2.29. The van der Waals surface area contributed by atoms with Gasteiger partial charge in [-0.25, -0.2) is 4.98 Å². The molecule has 0 spiro atoms. The van der Waals surface area contributed by atoms with Crippen LogP contribution in [0.4, 0.5) is 5.13 Å². The van der Waals surface area contributed by atoms with Gasteiger partial charge in [-0.2, -0.15) is 0 Å². The number of aromatic nitrogens is 1. The van der Waals surface area contributed by atoms with E-state index in [1.165, 1.54) is 4.88 Å². The Balaban J connectivity index is 0.00000180. The number of nitrogens with one attached hydrogen (secondary N) is 1. The largest absolute Gasteiger partial charge is 0.381 e. The van der Waals surface area contributed by atoms with Gasteiger partial charge in [0.1, 0.15) is 0 Å². The van der Waals surface area contributed by atoms with Gasteiger partial charge in [0.15, 0.2) is 5.13 Å². The number of carbonyl (C=O) groups is 1. The molecule has 0 fully saturated rings. The first-order valence-electron chi connectivity index (χ1n) is 6.30. The molecule has 3 N–H and O–H groups in total. The van der Waals surface area contributed by atoms with Crippen molar-refractivity contribution in [2.24, 2.45) is 5.73 Å². The molecule has 2 rings (SSSR count). The second-order valence-electron chi connectivity index (χ2n) is 4.39. The molecule has 7 heteroatoms. The maximum absolute atomic E-state index is 11.6. The predicted octanol–water partition coefficient (Wildman–Crippen LogP) is 1.75. The monoisotopic (exact) mass is 305 g/mol. The van der Waals surface area contributed by atoms with Crippen molar-refractivity contribution in [3.8, 4) is 0 Å². The molecule has 1 atom stereocenters. The Hall–Kier alpha value is -0.690. The number of aryl methyl sites for hydroxylation is 1. The highest BCUT2D eigenvalue weighted by molar-refractivity contribution is 7.15. The van der Waals surface area contributed by atoms with Crippen LogP contribution in [0.5, 0.6) is 0 Å². The molecule has 1 aromatic rings. The zero-order valence-electron chi connectivity index (χ0n) is 11.0. The molecule has 0 radical (unpaired) electrons. The number of nitrogens with zero attached hydrogens (tertiary/aromatic N) is 1. The number of anilines is 1. The predicted molar refractivity (Wildman–Crippen MR) is 79.1 cm³/mol. The van der Waals surface area contributed by atoms with Crippen LogP contribution in [0.2, 0.25) is 0 Å². The number of carbonyl (C=O) groups excluding carboxylic acids is 1. The lowest BCUT2D eigenvalue weighted by molar-refractivity contribution is -0.117. The number of amides is 1. The number of hydrogen-bond acceptors (Lipinski definition) is 5. The molecule has 1 aromatic heterocycles. The molecule has 1 heterocycles. The van der Waals surface area contributed by atoms with E-state index in [-0.39, 0.29) is 24.4 Å². The Morgan fingerprint density at radius 2 is 2.42 bits per heavy atom. The molecule has 0 unspecified atom stereocenters. The topological polar surface area (TPSA) is 77.2 Å². The van der Waals surface area contributed by atoms with E-state index in [0.29, 0.717) is 24.8 Å². The molecule has 108 valence electrons. The minimum absolute atomic E-state index is 0. The molecular weight excluding hydrogens is 286 g/mol. The standard InChI is InChI=1S/C12H19N3O2S.ClH/c1-2-17-6-5-11(16)15-12-14-9-4-3-8(13)7-10(9)18-12;/h8H,2-7,13H2,1H3,(H,14,15,16);1H/t8-;/m0./s1. The van der Waals surface area contributed by atoms with Crippen LogP contribution in [0.15, 0.2) is 0 Å². The first kappa shape index (κ1) is 16.4. The third kappa shape index (κ3) is 4.72. The fourth-order valence-electron chi connectivity index (χ4n) is 1.94. The number of rotatable bonds is 5. The molecule has 19 heavy (non-hydrogen) atoms. The number of thiazole rings is 1. The summed E-state index contributed by atoms with van der Waals surface area (Å²) in [5, 5.41) is 3.51. The SMILES string of the molecule is CCOCCC(=O)Nc1nc2c(s1)C[C@@H](N)CC2.Cl. The second kappa shape index (κ2) is 7.79. The van der Waals surface area contributed by atoms with Crippen molar-refractivity contribution in [3.63, 3.8) is 0 Å². The zero-order valence-corrected chi connectivity index (χ0v) is 12.6. The van der Waals surface area contributed by atoms with Crippen molar-refractivity contribution in [1.29, 1.82) is 0 Å². The van der Waals surface area contributed by atoms with Crippen molar-refractivity contribution in [3.05, 3.63) is 10.6 Å². The average Bonchev–Trinajstić information content (AvgIpc) is 2.70. The summed E-state index contributed by atoms with van der Waals surface area (Å²) >= 11 is 1.54. The quantitative estimate of drug-likeness (QED) is 0.812. The van der Waals surface area contributed by atoms with E-state index in [4.69, 9.17) is 10.5 Å². The lowest BCUT2D eigenvalue weighted by Crippen LogP contribution is -2.27. The van der Waals surface area contributed by atoms with Gasteiger partial charge in [-0.3, -0.25) is 4.79 Å². The zero-order chi connectivity index (χ0) is 13.0. The normalized spacial score (nSPS) is 17.5. The number of hydrogen-bond donors (Lipinski definition) is 2. The first-order valence-corrected chi connectivity index (χ1v) is 7.12. The van der Waals surface area contributed by atoms with Gasteiger partial charge >= 0.3 is 0 Å². The van der Waals surface area contributed by atoms with Gasteiger partial charge in [-0.1, -0.05) is 0 Å². The van der Waals surface area contributed by atoms with Crippen LogP contribution in [0.3, 0.4) is 0 Å². The number of halogens is 1. The van der Waals surface area contributed by atoms with E-state index in [2.05, 4.69) is 10.3 Å². The molecule has 0 saturated carbocycles. The number of ether oxygens (including phenoxy) is 1. The first-order chi connectivity index (χ1) is 8.69. The van der Waals surface area contributed by atoms with Gasteiger partial charge < -0.3 is 15.8 Å². The summed E-state index contributed by atoms with van der Waals surface area (Å²) in [7, 11) is 0. The molecule has 1 aliphatic rings. The third-order valence-electron chi connectivity index (χ3n) is 2.90. The maximum Gasteiger partial charge on any atom is 0.228 e. The van der Waals surface area contributed by atoms with Gasteiger partial charge in [0.25, 0.3) is 0 Å². The van der Waals surface area contributed by atoms with Gasteiger partial charge in [0.05, 0.1) is 18.7 Å².